The van der Waals surface area contributed by atoms with Crippen molar-refractivity contribution in [2.45, 2.75) is 26.2 Å². The Morgan fingerprint density at radius 3 is 2.42 bits per heavy atom. The molecule has 1 aromatic rings. The minimum atomic E-state index is -0.0493. The molecule has 0 amide bonds. The number of aryl methyl sites for hydroxylation is 1. The minimum absolute atomic E-state index is 0.0493. The first-order chi connectivity index (χ1) is 5.45. The van der Waals surface area contributed by atoms with Gasteiger partial charge in [-0.05, 0) is 0 Å². The highest BCUT2D eigenvalue weighted by atomic mass is 15.3. The summed E-state index contributed by atoms with van der Waals surface area (Å²) in [5, 5.41) is 13.0. The van der Waals surface area contributed by atoms with Gasteiger partial charge in [-0.1, -0.05) is 20.8 Å². The third kappa shape index (κ3) is 1.48. The van der Waals surface area contributed by atoms with Crippen molar-refractivity contribution in [3.8, 4) is 6.07 Å². The Morgan fingerprint density at radius 1 is 1.50 bits per heavy atom. The summed E-state index contributed by atoms with van der Waals surface area (Å²) in [7, 11) is 1.83. The van der Waals surface area contributed by atoms with E-state index in [9.17, 15) is 0 Å². The lowest BCUT2D eigenvalue weighted by Gasteiger charge is -2.14. The molecule has 1 heterocycles. The van der Waals surface area contributed by atoms with Gasteiger partial charge in [-0.25, -0.2) is 0 Å². The molecule has 1 rings (SSSR count). The van der Waals surface area contributed by atoms with Gasteiger partial charge >= 0.3 is 0 Å². The molecule has 12 heavy (non-hydrogen) atoms. The zero-order valence-corrected chi connectivity index (χ0v) is 7.92. The molecule has 0 aromatic carbocycles. The molecule has 0 aliphatic rings. The molecule has 3 heteroatoms. The van der Waals surface area contributed by atoms with Crippen molar-refractivity contribution in [2.75, 3.05) is 0 Å². The summed E-state index contributed by atoms with van der Waals surface area (Å²) < 4.78 is 1.68. The summed E-state index contributed by atoms with van der Waals surface area (Å²) in [6.07, 6.45) is 1.75. The number of hydrogen-bond acceptors (Lipinski definition) is 2. The van der Waals surface area contributed by atoms with E-state index in [1.54, 1.807) is 10.9 Å². The lowest BCUT2D eigenvalue weighted by molar-refractivity contribution is 0.552. The number of hydrogen-bond donors (Lipinski definition) is 0. The van der Waals surface area contributed by atoms with Gasteiger partial charge in [-0.3, -0.25) is 4.68 Å². The molecule has 0 spiro atoms. The van der Waals surface area contributed by atoms with Gasteiger partial charge in [0.15, 0.2) is 0 Å². The molecule has 0 aliphatic carbocycles. The van der Waals surface area contributed by atoms with Crippen LogP contribution in [0.1, 0.15) is 32.0 Å². The molecule has 3 nitrogen and oxygen atoms in total. The SMILES string of the molecule is Cn1cc(C#N)c(C(C)(C)C)n1. The Bertz CT molecular complexity index is 323. The van der Waals surface area contributed by atoms with Crippen LogP contribution in [0.25, 0.3) is 0 Å². The zero-order chi connectivity index (χ0) is 9.35. The van der Waals surface area contributed by atoms with Crippen LogP contribution in [0.4, 0.5) is 0 Å². The van der Waals surface area contributed by atoms with Gasteiger partial charge in [0.1, 0.15) is 6.07 Å². The van der Waals surface area contributed by atoms with Crippen molar-refractivity contribution in [1.82, 2.24) is 9.78 Å². The maximum absolute atomic E-state index is 8.79. The molecule has 64 valence electrons. The molecule has 0 atom stereocenters. The molecular weight excluding hydrogens is 150 g/mol. The van der Waals surface area contributed by atoms with Crippen LogP contribution in [0.3, 0.4) is 0 Å². The van der Waals surface area contributed by atoms with Crippen molar-refractivity contribution in [3.63, 3.8) is 0 Å². The molecule has 0 saturated carbocycles. The number of aromatic nitrogens is 2. The zero-order valence-electron chi connectivity index (χ0n) is 7.92. The second-order valence-electron chi connectivity index (χ2n) is 3.93. The summed E-state index contributed by atoms with van der Waals surface area (Å²) in [4.78, 5) is 0. The van der Waals surface area contributed by atoms with Crippen molar-refractivity contribution in [2.24, 2.45) is 7.05 Å². The van der Waals surface area contributed by atoms with Crippen LogP contribution in [0.2, 0.25) is 0 Å². The molecular formula is C9H13N3. The molecule has 0 aliphatic heterocycles. The standard InChI is InChI=1S/C9H13N3/c1-9(2,3)8-7(5-10)6-12(4)11-8/h6H,1-4H3. The quantitative estimate of drug-likeness (QED) is 0.582. The topological polar surface area (TPSA) is 41.6 Å². The lowest BCUT2D eigenvalue weighted by Crippen LogP contribution is -2.13. The molecule has 1 aromatic heterocycles. The fourth-order valence-electron chi connectivity index (χ4n) is 1.12. The first-order valence-electron chi connectivity index (χ1n) is 3.89. The van der Waals surface area contributed by atoms with E-state index in [4.69, 9.17) is 5.26 Å². The Labute approximate surface area is 72.6 Å². The average Bonchev–Trinajstić information content (AvgIpc) is 2.29. The molecule has 0 N–H and O–H groups in total. The van der Waals surface area contributed by atoms with Gasteiger partial charge in [0.2, 0.25) is 0 Å². The van der Waals surface area contributed by atoms with Gasteiger partial charge in [0.25, 0.3) is 0 Å². The first kappa shape index (κ1) is 8.79. The Hall–Kier alpha value is -1.30. The highest BCUT2D eigenvalue weighted by Gasteiger charge is 2.21. The van der Waals surface area contributed by atoms with Crippen LogP contribution in [0.5, 0.6) is 0 Å². The van der Waals surface area contributed by atoms with E-state index < -0.39 is 0 Å². The van der Waals surface area contributed by atoms with E-state index in [2.05, 4.69) is 31.9 Å². The van der Waals surface area contributed by atoms with Crippen LogP contribution in [-0.2, 0) is 12.5 Å². The van der Waals surface area contributed by atoms with Gasteiger partial charge in [-0.15, -0.1) is 0 Å². The second kappa shape index (κ2) is 2.63. The van der Waals surface area contributed by atoms with E-state index in [0.29, 0.717) is 5.56 Å². The van der Waals surface area contributed by atoms with Gasteiger partial charge in [0, 0.05) is 18.7 Å². The number of nitrogens with zero attached hydrogens (tertiary/aromatic N) is 3. The summed E-state index contributed by atoms with van der Waals surface area (Å²) in [6.45, 7) is 6.16. The van der Waals surface area contributed by atoms with Crippen molar-refractivity contribution < 1.29 is 0 Å². The van der Waals surface area contributed by atoms with Gasteiger partial charge < -0.3 is 0 Å². The Morgan fingerprint density at radius 2 is 2.08 bits per heavy atom. The maximum atomic E-state index is 8.79. The van der Waals surface area contributed by atoms with Crippen LogP contribution >= 0.6 is 0 Å². The van der Waals surface area contributed by atoms with Crippen LogP contribution in [0, 0.1) is 11.3 Å². The first-order valence-corrected chi connectivity index (χ1v) is 3.89. The monoisotopic (exact) mass is 163 g/mol. The minimum Gasteiger partial charge on any atom is -0.274 e. The van der Waals surface area contributed by atoms with Crippen molar-refractivity contribution in [1.29, 1.82) is 5.26 Å². The summed E-state index contributed by atoms with van der Waals surface area (Å²) in [5.74, 6) is 0. The third-order valence-corrected chi connectivity index (χ3v) is 1.66. The predicted molar refractivity (Wildman–Crippen MR) is 46.6 cm³/mol. The molecule has 0 saturated heterocycles. The van der Waals surface area contributed by atoms with Crippen molar-refractivity contribution in [3.05, 3.63) is 17.5 Å². The summed E-state index contributed by atoms with van der Waals surface area (Å²) in [6, 6.07) is 2.14. The lowest BCUT2D eigenvalue weighted by atomic mass is 9.90. The third-order valence-electron chi connectivity index (χ3n) is 1.66. The van der Waals surface area contributed by atoms with Crippen molar-refractivity contribution >= 4 is 0 Å². The Balaban J connectivity index is 3.25. The molecule has 0 radical (unpaired) electrons. The fraction of sp³-hybridized carbons (Fsp3) is 0.556. The Kier molecular flexibility index (Phi) is 1.93. The predicted octanol–water partition coefficient (Wildman–Crippen LogP) is 1.59. The largest absolute Gasteiger partial charge is 0.274 e. The summed E-state index contributed by atoms with van der Waals surface area (Å²) >= 11 is 0. The number of nitriles is 1. The normalized spacial score (nSPS) is 11.2. The van der Waals surface area contributed by atoms with E-state index in [1.165, 1.54) is 0 Å². The summed E-state index contributed by atoms with van der Waals surface area (Å²) in [5.41, 5.74) is 1.49. The molecule has 0 unspecified atom stereocenters. The second-order valence-corrected chi connectivity index (χ2v) is 3.93. The highest BCUT2D eigenvalue weighted by molar-refractivity contribution is 5.34. The van der Waals surface area contributed by atoms with E-state index in [1.807, 2.05) is 7.05 Å². The van der Waals surface area contributed by atoms with Crippen LogP contribution in [0.15, 0.2) is 6.20 Å². The maximum Gasteiger partial charge on any atom is 0.103 e. The smallest absolute Gasteiger partial charge is 0.103 e. The fourth-order valence-corrected chi connectivity index (χ4v) is 1.12. The number of rotatable bonds is 0. The highest BCUT2D eigenvalue weighted by Crippen LogP contribution is 2.23. The van der Waals surface area contributed by atoms with E-state index in [-0.39, 0.29) is 5.41 Å². The molecule has 0 fully saturated rings. The van der Waals surface area contributed by atoms with Gasteiger partial charge in [-0.2, -0.15) is 10.4 Å². The van der Waals surface area contributed by atoms with E-state index >= 15 is 0 Å². The van der Waals surface area contributed by atoms with E-state index in [0.717, 1.165) is 5.69 Å². The average molecular weight is 163 g/mol. The van der Waals surface area contributed by atoms with Gasteiger partial charge in [0.05, 0.1) is 11.3 Å². The van der Waals surface area contributed by atoms with Crippen LogP contribution in [-0.4, -0.2) is 9.78 Å². The molecule has 0 bridgehead atoms. The van der Waals surface area contributed by atoms with Crippen LogP contribution < -0.4 is 0 Å².